The normalized spacial score (nSPS) is 14.4. The largest absolute Gasteiger partial charge is 0.493 e. The minimum Gasteiger partial charge on any atom is -0.385 e. The summed E-state index contributed by atoms with van der Waals surface area (Å²) in [4.78, 5) is 0. The summed E-state index contributed by atoms with van der Waals surface area (Å²) in [6, 6.07) is 17.6. The van der Waals surface area contributed by atoms with Gasteiger partial charge in [-0.2, -0.15) is 0 Å². The van der Waals surface area contributed by atoms with E-state index in [2.05, 4.69) is 37.9 Å². The van der Waals surface area contributed by atoms with Gasteiger partial charge in [0.25, 0.3) is 0 Å². The van der Waals surface area contributed by atoms with E-state index < -0.39 is 35.2 Å². The van der Waals surface area contributed by atoms with Gasteiger partial charge in [-0.05, 0) is 93.6 Å². The molecule has 0 aliphatic rings. The van der Waals surface area contributed by atoms with Crippen LogP contribution < -0.4 is 25.9 Å². The molecule has 2 aromatic carbocycles. The number of nitrogens with one attached hydrogen (secondary N) is 1. The molecule has 0 fully saturated rings. The van der Waals surface area contributed by atoms with Crippen molar-refractivity contribution in [2.75, 3.05) is 67.6 Å². The number of rotatable bonds is 32. The molecule has 65 heavy (non-hydrogen) atoms. The van der Waals surface area contributed by atoms with E-state index in [0.29, 0.717) is 69.5 Å². The maximum Gasteiger partial charge on any atom is 0.493 e. The summed E-state index contributed by atoms with van der Waals surface area (Å²) in [5, 5.41) is 21.1. The average Bonchev–Trinajstić information content (AvgIpc) is 3.84. The number of aromatic nitrogens is 4. The molecule has 0 saturated carbocycles. The summed E-state index contributed by atoms with van der Waals surface area (Å²) in [6.07, 6.45) is 11.9. The van der Waals surface area contributed by atoms with Crippen molar-refractivity contribution in [1.29, 1.82) is 0 Å². The first-order valence-electron chi connectivity index (χ1n) is 21.9. The number of nitrogens with zero attached hydrogens (tertiary/aromatic N) is 8. The van der Waals surface area contributed by atoms with Crippen molar-refractivity contribution in [2.45, 2.75) is 62.7 Å². The van der Waals surface area contributed by atoms with Crippen molar-refractivity contribution in [3.05, 3.63) is 78.9 Å². The van der Waals surface area contributed by atoms with Gasteiger partial charge in [-0.1, -0.05) is 22.4 Å². The third-order valence-electron chi connectivity index (χ3n) is 11.0. The molecule has 0 saturated heterocycles. The fourth-order valence-corrected chi connectivity index (χ4v) is 23.1. The molecular weight excluding hydrogens is 903 g/mol. The van der Waals surface area contributed by atoms with Gasteiger partial charge in [0.15, 0.2) is 0 Å². The van der Waals surface area contributed by atoms with Crippen molar-refractivity contribution in [3.63, 3.8) is 0 Å². The molecule has 0 amide bonds. The second-order valence-electron chi connectivity index (χ2n) is 15.5. The first-order chi connectivity index (χ1) is 31.3. The Hall–Kier alpha value is -3.71. The van der Waals surface area contributed by atoms with E-state index in [9.17, 15) is 0 Å². The van der Waals surface area contributed by atoms with Crippen molar-refractivity contribution >= 4 is 64.2 Å². The molecular formula is C41H73N11O9Si4+2. The summed E-state index contributed by atoms with van der Waals surface area (Å²) < 4.78 is 66.1. The summed E-state index contributed by atoms with van der Waals surface area (Å²) in [7, 11) is 2.99. The van der Waals surface area contributed by atoms with E-state index in [1.165, 1.54) is 0 Å². The van der Waals surface area contributed by atoms with Gasteiger partial charge in [-0.3, -0.25) is 0 Å². The molecule has 24 heteroatoms. The zero-order valence-corrected chi connectivity index (χ0v) is 44.0. The van der Waals surface area contributed by atoms with E-state index in [-0.39, 0.29) is 0 Å². The molecule has 0 aliphatic carbocycles. The van der Waals surface area contributed by atoms with E-state index in [1.807, 2.05) is 108 Å². The zero-order valence-electron chi connectivity index (χ0n) is 40.0. The highest BCUT2D eigenvalue weighted by Crippen LogP contribution is 2.35. The van der Waals surface area contributed by atoms with E-state index in [1.54, 1.807) is 42.7 Å². The number of benzene rings is 2. The number of azo groups is 2. The average molecular weight is 976 g/mol. The van der Waals surface area contributed by atoms with Crippen molar-refractivity contribution in [3.8, 4) is 0 Å². The number of anilines is 1. The number of nitrogens with two attached hydrogens (primary N) is 2. The Balaban J connectivity index is 1.49. The van der Waals surface area contributed by atoms with Crippen LogP contribution in [0.4, 0.5) is 29.0 Å². The highest BCUT2D eigenvalue weighted by Gasteiger charge is 2.61. The molecule has 0 radical (unpaired) electrons. The lowest BCUT2D eigenvalue weighted by molar-refractivity contribution is -0.657. The summed E-state index contributed by atoms with van der Waals surface area (Å²) >= 11 is 0. The van der Waals surface area contributed by atoms with Crippen LogP contribution in [-0.4, -0.2) is 107 Å². The number of hydrogen-bond donors (Lipinski definition) is 3. The topological polar surface area (TPSA) is 214 Å². The van der Waals surface area contributed by atoms with Crippen LogP contribution in [0.1, 0.15) is 37.7 Å². The number of aryl methyl sites for hydroxylation is 5. The van der Waals surface area contributed by atoms with Gasteiger partial charge in [-0.15, -0.1) is 0 Å². The van der Waals surface area contributed by atoms with Crippen LogP contribution in [0.3, 0.4) is 0 Å². The molecule has 2 heterocycles. The fourth-order valence-electron chi connectivity index (χ4n) is 7.04. The lowest BCUT2D eigenvalue weighted by Crippen LogP contribution is -2.66. The molecule has 0 bridgehead atoms. The Morgan fingerprint density at radius 3 is 1.34 bits per heavy atom. The SMILES string of the molecule is CO[Si](CCCN)(OC)O[Si](CCCCc1ccc(N=Nc2n(C)cc[n+]2C)cc1)(OC)O[Si@@](CCCN)(OC)O[Si](CCCNc1ccc(N=Nc2n(C)cc[n+]2C)cc1)(OC)OC. The van der Waals surface area contributed by atoms with E-state index >= 15 is 0 Å². The molecule has 0 aliphatic heterocycles. The fraction of sp³-hybridized carbons (Fsp3) is 0.561. The summed E-state index contributed by atoms with van der Waals surface area (Å²) in [6.45, 7) is 1.43. The third kappa shape index (κ3) is 15.7. The molecule has 5 N–H and O–H groups in total. The van der Waals surface area contributed by atoms with Gasteiger partial charge >= 0.3 is 47.1 Å². The van der Waals surface area contributed by atoms with Crippen LogP contribution in [0.15, 0.2) is 93.8 Å². The Labute approximate surface area is 389 Å². The summed E-state index contributed by atoms with van der Waals surface area (Å²) in [5.41, 5.74) is 15.7. The molecule has 20 nitrogen and oxygen atoms in total. The minimum absolute atomic E-state index is 0.372. The van der Waals surface area contributed by atoms with Crippen LogP contribution in [0.25, 0.3) is 0 Å². The lowest BCUT2D eigenvalue weighted by Gasteiger charge is -2.43. The molecule has 2 aromatic heterocycles. The standard InChI is InChI=1S/C41H72N11O9Si4/c1-49-28-29-50(2)40(49)47-45-38-19-17-36(18-20-38)16-11-12-32-64(57-9,59-62(53-5,54-6)33-13-25-42)61-65(58-10,34-14-26-43)60-63(55-7,56-8)35-15-27-44-37-21-23-39(24-22-37)46-48-41-51(3)30-31-52(41)4/h17-24,28-31H,11-16,25-27,32-35,42-43H2,1-10H3/q+1/p+1/t64?,65-/m0/s1. The smallest absolute Gasteiger partial charge is 0.385 e. The highest BCUT2D eigenvalue weighted by molar-refractivity contribution is 6.83. The Morgan fingerprint density at radius 2 is 0.923 bits per heavy atom. The first-order valence-corrected chi connectivity index (χ1v) is 29.6. The van der Waals surface area contributed by atoms with Crippen molar-refractivity contribution in [1.82, 2.24) is 9.13 Å². The Morgan fingerprint density at radius 1 is 0.523 bits per heavy atom. The molecule has 360 valence electrons. The second-order valence-corrected chi connectivity index (χ2v) is 27.9. The Kier molecular flexibility index (Phi) is 22.0. The number of imidazole rings is 2. The van der Waals surface area contributed by atoms with Crippen LogP contribution in [-0.2, 0) is 73.5 Å². The van der Waals surface area contributed by atoms with E-state index in [0.717, 1.165) is 47.4 Å². The molecule has 4 aromatic rings. The van der Waals surface area contributed by atoms with Gasteiger partial charge < -0.3 is 55.7 Å². The van der Waals surface area contributed by atoms with Gasteiger partial charge in [-0.25, -0.2) is 18.3 Å². The van der Waals surface area contributed by atoms with Crippen LogP contribution in [0.5, 0.6) is 0 Å². The first kappa shape index (κ1) is 53.9. The molecule has 1 unspecified atom stereocenters. The maximum atomic E-state index is 7.20. The van der Waals surface area contributed by atoms with Crippen molar-refractivity contribution < 1.29 is 48.0 Å². The van der Waals surface area contributed by atoms with Gasteiger partial charge in [0, 0.05) is 89.3 Å². The predicted molar refractivity (Wildman–Crippen MR) is 255 cm³/mol. The van der Waals surface area contributed by atoms with Crippen molar-refractivity contribution in [2.24, 2.45) is 60.1 Å². The number of hydrogen-bond acceptors (Lipinski definition) is 16. The lowest BCUT2D eigenvalue weighted by atomic mass is 10.1. The van der Waals surface area contributed by atoms with Gasteiger partial charge in [0.1, 0.15) is 11.4 Å². The molecule has 4 rings (SSSR count). The van der Waals surface area contributed by atoms with Crippen LogP contribution in [0.2, 0.25) is 24.2 Å². The molecule has 2 atom stereocenters. The summed E-state index contributed by atoms with van der Waals surface area (Å²) in [5.74, 6) is 1.49. The quantitative estimate of drug-likeness (QED) is 0.0221. The van der Waals surface area contributed by atoms with Gasteiger partial charge in [0.2, 0.25) is 0 Å². The van der Waals surface area contributed by atoms with Gasteiger partial charge in [0.05, 0.1) is 53.0 Å². The van der Waals surface area contributed by atoms with Crippen LogP contribution in [0, 0.1) is 0 Å². The zero-order chi connectivity index (χ0) is 47.4. The van der Waals surface area contributed by atoms with E-state index in [4.69, 9.17) is 50.4 Å². The van der Waals surface area contributed by atoms with Crippen LogP contribution >= 0.6 is 0 Å². The predicted octanol–water partition coefficient (Wildman–Crippen LogP) is 6.05. The Bertz CT molecular complexity index is 2020. The molecule has 0 spiro atoms. The third-order valence-corrected chi connectivity index (χ3v) is 26.0. The number of unbranched alkanes of at least 4 members (excludes halogenated alkanes) is 1. The monoisotopic (exact) mass is 975 g/mol. The maximum absolute atomic E-state index is 7.20. The second kappa shape index (κ2) is 26.6. The minimum atomic E-state index is -3.75. The highest BCUT2D eigenvalue weighted by atomic mass is 28.5.